The number of carbonyl (C=O) groups excluding carboxylic acids is 1. The summed E-state index contributed by atoms with van der Waals surface area (Å²) in [5.41, 5.74) is 3.35. The number of aromatic nitrogens is 1. The number of anilines is 1. The average molecular weight is 506 g/mol. The Morgan fingerprint density at radius 2 is 1.86 bits per heavy atom. The van der Waals surface area contributed by atoms with Gasteiger partial charge in [-0.05, 0) is 57.5 Å². The fourth-order valence-corrected chi connectivity index (χ4v) is 5.22. The van der Waals surface area contributed by atoms with Gasteiger partial charge >= 0.3 is 5.97 Å². The molecule has 0 aliphatic carbocycles. The van der Waals surface area contributed by atoms with E-state index in [-0.39, 0.29) is 18.3 Å². The minimum Gasteiger partial charge on any atom is -0.491 e. The summed E-state index contributed by atoms with van der Waals surface area (Å²) in [5.74, 6) is 0.125. The van der Waals surface area contributed by atoms with E-state index in [4.69, 9.17) is 9.47 Å². The molecule has 36 heavy (non-hydrogen) atoms. The Labute approximate surface area is 214 Å². The summed E-state index contributed by atoms with van der Waals surface area (Å²) in [6, 6.07) is 14.8. The molecule has 0 radical (unpaired) electrons. The second kappa shape index (κ2) is 10.5. The number of allylic oxidation sites excluding steroid dienone is 1. The van der Waals surface area contributed by atoms with Crippen molar-refractivity contribution in [2.24, 2.45) is 4.99 Å². The Kier molecular flexibility index (Phi) is 7.45. The number of esters is 1. The van der Waals surface area contributed by atoms with Crippen LogP contribution in [0.2, 0.25) is 0 Å². The standard InChI is InChI=1S/C28H31N3O4S/c1-7-34-27(33)24-18(4)29-28-31(25(24)21-10-8-9-11-22(21)35-17(2)3)26(32)23(36-28)16-19-12-14-20(15-13-19)30(5)6/h8-17,25H,7H2,1-6H3. The molecule has 2 aromatic carbocycles. The van der Waals surface area contributed by atoms with Crippen molar-refractivity contribution in [3.63, 3.8) is 0 Å². The predicted molar refractivity (Wildman–Crippen MR) is 143 cm³/mol. The highest BCUT2D eigenvalue weighted by molar-refractivity contribution is 7.07. The summed E-state index contributed by atoms with van der Waals surface area (Å²) in [7, 11) is 3.97. The molecule has 0 N–H and O–H groups in total. The number of hydrogen-bond donors (Lipinski definition) is 0. The van der Waals surface area contributed by atoms with E-state index in [1.165, 1.54) is 11.3 Å². The fourth-order valence-electron chi connectivity index (χ4n) is 4.17. The molecule has 7 nitrogen and oxygen atoms in total. The number of thiazole rings is 1. The molecule has 2 heterocycles. The van der Waals surface area contributed by atoms with Crippen LogP contribution in [0.1, 0.15) is 44.9 Å². The van der Waals surface area contributed by atoms with Crippen molar-refractivity contribution in [1.82, 2.24) is 4.57 Å². The lowest BCUT2D eigenvalue weighted by Crippen LogP contribution is -2.40. The second-order valence-corrected chi connectivity index (χ2v) is 10.0. The maximum atomic E-state index is 13.8. The molecular weight excluding hydrogens is 474 g/mol. The Morgan fingerprint density at radius 3 is 2.50 bits per heavy atom. The maximum absolute atomic E-state index is 13.8. The van der Waals surface area contributed by atoms with Gasteiger partial charge in [-0.2, -0.15) is 0 Å². The van der Waals surface area contributed by atoms with E-state index in [1.807, 2.05) is 87.4 Å². The first kappa shape index (κ1) is 25.4. The first-order chi connectivity index (χ1) is 17.2. The van der Waals surface area contributed by atoms with Gasteiger partial charge in [-0.1, -0.05) is 41.7 Å². The van der Waals surface area contributed by atoms with Crippen molar-refractivity contribution < 1.29 is 14.3 Å². The Morgan fingerprint density at radius 1 is 1.17 bits per heavy atom. The SMILES string of the molecule is CCOC(=O)C1=C(C)N=c2sc(=Cc3ccc(N(C)C)cc3)c(=O)n2C1c1ccccc1OC(C)C. The molecule has 0 saturated carbocycles. The molecule has 1 aliphatic rings. The van der Waals surface area contributed by atoms with E-state index < -0.39 is 12.0 Å². The molecule has 0 spiro atoms. The smallest absolute Gasteiger partial charge is 0.338 e. The zero-order valence-electron chi connectivity index (χ0n) is 21.4. The molecule has 188 valence electrons. The zero-order chi connectivity index (χ0) is 26.0. The zero-order valence-corrected chi connectivity index (χ0v) is 22.3. The third-order valence-corrected chi connectivity index (χ3v) is 6.78. The summed E-state index contributed by atoms with van der Waals surface area (Å²) < 4.78 is 13.6. The van der Waals surface area contributed by atoms with Gasteiger partial charge in [0.2, 0.25) is 0 Å². The molecule has 4 rings (SSSR count). The van der Waals surface area contributed by atoms with E-state index >= 15 is 0 Å². The monoisotopic (exact) mass is 505 g/mol. The lowest BCUT2D eigenvalue weighted by Gasteiger charge is -2.26. The summed E-state index contributed by atoms with van der Waals surface area (Å²) in [6.07, 6.45) is 1.78. The van der Waals surface area contributed by atoms with E-state index in [2.05, 4.69) is 4.99 Å². The van der Waals surface area contributed by atoms with Crippen LogP contribution in [0.3, 0.4) is 0 Å². The largest absolute Gasteiger partial charge is 0.491 e. The van der Waals surface area contributed by atoms with Gasteiger partial charge in [0.05, 0.1) is 28.5 Å². The highest BCUT2D eigenvalue weighted by Gasteiger charge is 2.35. The van der Waals surface area contributed by atoms with Gasteiger partial charge in [0.15, 0.2) is 4.80 Å². The minimum atomic E-state index is -0.714. The summed E-state index contributed by atoms with van der Waals surface area (Å²) in [4.78, 5) is 34.1. The van der Waals surface area contributed by atoms with Crippen molar-refractivity contribution in [3.05, 3.63) is 90.6 Å². The first-order valence-electron chi connectivity index (χ1n) is 11.9. The van der Waals surface area contributed by atoms with Crippen molar-refractivity contribution in [3.8, 4) is 5.75 Å². The summed E-state index contributed by atoms with van der Waals surface area (Å²) >= 11 is 1.31. The van der Waals surface area contributed by atoms with Crippen molar-refractivity contribution >= 4 is 29.1 Å². The topological polar surface area (TPSA) is 73.1 Å². The van der Waals surface area contributed by atoms with E-state index in [1.54, 1.807) is 18.4 Å². The third kappa shape index (κ3) is 4.99. The number of benzene rings is 2. The van der Waals surface area contributed by atoms with Crippen LogP contribution in [-0.4, -0.2) is 37.3 Å². The number of hydrogen-bond acceptors (Lipinski definition) is 7. The third-order valence-electron chi connectivity index (χ3n) is 5.80. The van der Waals surface area contributed by atoms with Crippen LogP contribution in [0.5, 0.6) is 5.75 Å². The summed E-state index contributed by atoms with van der Waals surface area (Å²) in [6.45, 7) is 7.64. The average Bonchev–Trinajstić information content (AvgIpc) is 3.13. The van der Waals surface area contributed by atoms with E-state index in [9.17, 15) is 9.59 Å². The Balaban J connectivity index is 1.93. The first-order valence-corrected chi connectivity index (χ1v) is 12.8. The van der Waals surface area contributed by atoms with Gasteiger partial charge in [-0.3, -0.25) is 9.36 Å². The predicted octanol–water partition coefficient (Wildman–Crippen LogP) is 3.65. The second-order valence-electron chi connectivity index (χ2n) is 8.99. The molecule has 8 heteroatoms. The van der Waals surface area contributed by atoms with Crippen LogP contribution in [0, 0.1) is 0 Å². The van der Waals surface area contributed by atoms with Crippen LogP contribution in [-0.2, 0) is 9.53 Å². The molecule has 1 aliphatic heterocycles. The number of rotatable bonds is 7. The molecule has 1 atom stereocenters. The molecule has 0 saturated heterocycles. The van der Waals surface area contributed by atoms with Crippen molar-refractivity contribution in [2.45, 2.75) is 39.8 Å². The number of fused-ring (bicyclic) bond motifs is 1. The van der Waals surface area contributed by atoms with Crippen LogP contribution in [0.25, 0.3) is 6.08 Å². The van der Waals surface area contributed by atoms with Gasteiger partial charge in [0.25, 0.3) is 5.56 Å². The van der Waals surface area contributed by atoms with Gasteiger partial charge in [-0.25, -0.2) is 9.79 Å². The minimum absolute atomic E-state index is 0.0803. The van der Waals surface area contributed by atoms with Gasteiger partial charge < -0.3 is 14.4 Å². The number of nitrogens with zero attached hydrogens (tertiary/aromatic N) is 3. The van der Waals surface area contributed by atoms with Crippen molar-refractivity contribution in [1.29, 1.82) is 0 Å². The number of carbonyl (C=O) groups is 1. The molecule has 1 aromatic heterocycles. The van der Waals surface area contributed by atoms with Crippen LogP contribution >= 0.6 is 11.3 Å². The molecule has 0 bridgehead atoms. The lowest BCUT2D eigenvalue weighted by atomic mass is 9.95. The van der Waals surface area contributed by atoms with Gasteiger partial charge in [0, 0.05) is 25.3 Å². The van der Waals surface area contributed by atoms with Crippen LogP contribution in [0.15, 0.2) is 69.6 Å². The van der Waals surface area contributed by atoms with Crippen LogP contribution < -0.4 is 24.5 Å². The van der Waals surface area contributed by atoms with E-state index in [0.717, 1.165) is 11.3 Å². The maximum Gasteiger partial charge on any atom is 0.338 e. The van der Waals surface area contributed by atoms with Gasteiger partial charge in [-0.15, -0.1) is 0 Å². The van der Waals surface area contributed by atoms with Gasteiger partial charge in [0.1, 0.15) is 11.8 Å². The highest BCUT2D eigenvalue weighted by atomic mass is 32.1. The quantitative estimate of drug-likeness (QED) is 0.459. The molecule has 0 amide bonds. The number of para-hydroxylation sites is 1. The van der Waals surface area contributed by atoms with Crippen LogP contribution in [0.4, 0.5) is 5.69 Å². The lowest BCUT2D eigenvalue weighted by molar-refractivity contribution is -0.139. The summed E-state index contributed by atoms with van der Waals surface area (Å²) in [5, 5.41) is 0. The highest BCUT2D eigenvalue weighted by Crippen LogP contribution is 2.36. The normalized spacial score (nSPS) is 15.5. The van der Waals surface area contributed by atoms with Crippen molar-refractivity contribution in [2.75, 3.05) is 25.6 Å². The molecule has 0 fully saturated rings. The number of ether oxygens (including phenoxy) is 2. The molecule has 1 unspecified atom stereocenters. The molecule has 3 aromatic rings. The molecular formula is C28H31N3O4S. The Hall–Kier alpha value is -3.65. The fraction of sp³-hybridized carbons (Fsp3) is 0.321. The van der Waals surface area contributed by atoms with E-state index in [0.29, 0.717) is 31.9 Å². The Bertz CT molecular complexity index is 1480.